The Hall–Kier alpha value is -3.07. The molecule has 9 heteroatoms. The minimum atomic E-state index is -0.439. The van der Waals surface area contributed by atoms with Crippen molar-refractivity contribution >= 4 is 23.4 Å². The SMILES string of the molecule is Cc1cccc(C)c1NC(=O)C(C)Sc1nnc(COc2ccc(F)cc2)n1N. The lowest BCUT2D eigenvalue weighted by atomic mass is 10.1. The number of halogens is 1. The maximum Gasteiger partial charge on any atom is 0.237 e. The lowest BCUT2D eigenvalue weighted by Crippen LogP contribution is -2.24. The molecule has 3 rings (SSSR count). The molecule has 0 spiro atoms. The topological polar surface area (TPSA) is 95.1 Å². The van der Waals surface area contributed by atoms with Gasteiger partial charge >= 0.3 is 0 Å². The molecule has 29 heavy (non-hydrogen) atoms. The molecule has 2 aromatic carbocycles. The van der Waals surface area contributed by atoms with E-state index >= 15 is 0 Å². The summed E-state index contributed by atoms with van der Waals surface area (Å²) in [6.45, 7) is 5.74. The molecule has 0 saturated carbocycles. The minimum absolute atomic E-state index is 0.0681. The molecule has 0 saturated heterocycles. The lowest BCUT2D eigenvalue weighted by molar-refractivity contribution is -0.115. The Bertz CT molecular complexity index is 986. The number of amides is 1. The summed E-state index contributed by atoms with van der Waals surface area (Å²) >= 11 is 1.20. The van der Waals surface area contributed by atoms with Gasteiger partial charge in [0.15, 0.2) is 5.82 Å². The van der Waals surface area contributed by atoms with E-state index in [9.17, 15) is 9.18 Å². The van der Waals surface area contributed by atoms with Crippen molar-refractivity contribution in [1.82, 2.24) is 14.9 Å². The summed E-state index contributed by atoms with van der Waals surface area (Å²) in [5.41, 5.74) is 2.81. The Morgan fingerprint density at radius 3 is 2.52 bits per heavy atom. The average Bonchev–Trinajstić information content (AvgIpc) is 3.04. The largest absolute Gasteiger partial charge is 0.486 e. The summed E-state index contributed by atoms with van der Waals surface area (Å²) in [4.78, 5) is 12.6. The zero-order valence-corrected chi connectivity index (χ0v) is 17.2. The molecule has 3 N–H and O–H groups in total. The fraction of sp³-hybridized carbons (Fsp3) is 0.250. The van der Waals surface area contributed by atoms with E-state index in [-0.39, 0.29) is 18.3 Å². The number of benzene rings is 2. The van der Waals surface area contributed by atoms with Gasteiger partial charge in [0.25, 0.3) is 0 Å². The van der Waals surface area contributed by atoms with Crippen molar-refractivity contribution in [3.8, 4) is 5.75 Å². The Kier molecular flexibility index (Phi) is 6.38. The van der Waals surface area contributed by atoms with E-state index in [1.165, 1.54) is 40.7 Å². The van der Waals surface area contributed by atoms with E-state index in [1.807, 2.05) is 32.0 Å². The van der Waals surface area contributed by atoms with Gasteiger partial charge < -0.3 is 15.9 Å². The fourth-order valence-electron chi connectivity index (χ4n) is 2.61. The van der Waals surface area contributed by atoms with E-state index in [2.05, 4.69) is 15.5 Å². The molecule has 1 atom stereocenters. The second-order valence-electron chi connectivity index (χ2n) is 6.53. The van der Waals surface area contributed by atoms with Gasteiger partial charge in [-0.1, -0.05) is 30.0 Å². The second-order valence-corrected chi connectivity index (χ2v) is 7.84. The van der Waals surface area contributed by atoms with Gasteiger partial charge in [-0.2, -0.15) is 0 Å². The van der Waals surface area contributed by atoms with Crippen molar-refractivity contribution in [2.24, 2.45) is 0 Å². The molecule has 0 bridgehead atoms. The van der Waals surface area contributed by atoms with Crippen LogP contribution >= 0.6 is 11.8 Å². The Morgan fingerprint density at radius 1 is 1.21 bits per heavy atom. The zero-order chi connectivity index (χ0) is 21.0. The second kappa shape index (κ2) is 8.95. The first-order valence-corrected chi connectivity index (χ1v) is 9.84. The van der Waals surface area contributed by atoms with E-state index in [4.69, 9.17) is 10.6 Å². The molecule has 0 aliphatic heterocycles. The fourth-order valence-corrected chi connectivity index (χ4v) is 3.40. The summed E-state index contributed by atoms with van der Waals surface area (Å²) in [6.07, 6.45) is 0. The monoisotopic (exact) mass is 415 g/mol. The number of thioether (sulfide) groups is 1. The summed E-state index contributed by atoms with van der Waals surface area (Å²) < 4.78 is 19.8. The molecule has 0 fully saturated rings. The number of anilines is 1. The quantitative estimate of drug-likeness (QED) is 0.453. The van der Waals surface area contributed by atoms with Crippen molar-refractivity contribution in [2.75, 3.05) is 11.2 Å². The van der Waals surface area contributed by atoms with E-state index in [0.29, 0.717) is 16.7 Å². The number of carbonyl (C=O) groups is 1. The average molecular weight is 415 g/mol. The lowest BCUT2D eigenvalue weighted by Gasteiger charge is -2.15. The van der Waals surface area contributed by atoms with Crippen LogP contribution in [0, 0.1) is 19.7 Å². The molecule has 0 aliphatic rings. The number of rotatable bonds is 7. The Labute approximate surface area is 172 Å². The van der Waals surface area contributed by atoms with Gasteiger partial charge in [0.05, 0.1) is 5.25 Å². The number of aryl methyl sites for hydroxylation is 2. The summed E-state index contributed by atoms with van der Waals surface area (Å²) in [5, 5.41) is 11.0. The molecule has 1 unspecified atom stereocenters. The highest BCUT2D eigenvalue weighted by Gasteiger charge is 2.20. The van der Waals surface area contributed by atoms with Crippen LogP contribution in [0.15, 0.2) is 47.6 Å². The third-order valence-electron chi connectivity index (χ3n) is 4.30. The van der Waals surface area contributed by atoms with Gasteiger partial charge in [-0.15, -0.1) is 10.2 Å². The summed E-state index contributed by atoms with van der Waals surface area (Å²) in [6, 6.07) is 11.5. The predicted octanol–water partition coefficient (Wildman–Crippen LogP) is 3.45. The molecule has 1 heterocycles. The molecular formula is C20H22FN5O2S. The molecule has 152 valence electrons. The van der Waals surface area contributed by atoms with Crippen molar-refractivity contribution in [2.45, 2.75) is 37.8 Å². The van der Waals surface area contributed by atoms with Gasteiger partial charge in [0.2, 0.25) is 11.1 Å². The normalized spacial score (nSPS) is 11.9. The van der Waals surface area contributed by atoms with Crippen molar-refractivity contribution in [3.05, 3.63) is 65.2 Å². The van der Waals surface area contributed by atoms with Crippen LogP contribution in [0.1, 0.15) is 23.9 Å². The molecule has 3 aromatic rings. The molecule has 1 amide bonds. The smallest absolute Gasteiger partial charge is 0.237 e. The van der Waals surface area contributed by atoms with Gasteiger partial charge in [-0.3, -0.25) is 4.79 Å². The van der Waals surface area contributed by atoms with E-state index < -0.39 is 5.25 Å². The van der Waals surface area contributed by atoms with Crippen LogP contribution in [0.4, 0.5) is 10.1 Å². The van der Waals surface area contributed by atoms with Crippen LogP contribution in [0.25, 0.3) is 0 Å². The number of nitrogens with zero attached hydrogens (tertiary/aromatic N) is 3. The Morgan fingerprint density at radius 2 is 1.86 bits per heavy atom. The van der Waals surface area contributed by atoms with E-state index in [0.717, 1.165) is 16.8 Å². The number of hydrogen-bond donors (Lipinski definition) is 2. The molecule has 0 radical (unpaired) electrons. The minimum Gasteiger partial charge on any atom is -0.486 e. The molecular weight excluding hydrogens is 393 g/mol. The number of hydrogen-bond acceptors (Lipinski definition) is 6. The number of nitrogens with two attached hydrogens (primary N) is 1. The molecule has 7 nitrogen and oxygen atoms in total. The van der Waals surface area contributed by atoms with Crippen molar-refractivity contribution in [3.63, 3.8) is 0 Å². The number of carbonyl (C=O) groups excluding carboxylic acids is 1. The third kappa shape index (κ3) is 5.05. The van der Waals surface area contributed by atoms with Gasteiger partial charge in [0, 0.05) is 5.69 Å². The van der Waals surface area contributed by atoms with Crippen LogP contribution in [0.2, 0.25) is 0 Å². The van der Waals surface area contributed by atoms with Crippen LogP contribution in [0.3, 0.4) is 0 Å². The van der Waals surface area contributed by atoms with E-state index in [1.54, 1.807) is 6.92 Å². The third-order valence-corrected chi connectivity index (χ3v) is 5.35. The highest BCUT2D eigenvalue weighted by molar-refractivity contribution is 8.00. The van der Waals surface area contributed by atoms with Crippen LogP contribution in [-0.2, 0) is 11.4 Å². The van der Waals surface area contributed by atoms with Crippen molar-refractivity contribution in [1.29, 1.82) is 0 Å². The van der Waals surface area contributed by atoms with Gasteiger partial charge in [-0.05, 0) is 56.2 Å². The predicted molar refractivity (Wildman–Crippen MR) is 111 cm³/mol. The standard InChI is InChI=1S/C20H22FN5O2S/c1-12-5-4-6-13(2)18(12)23-19(27)14(3)29-20-25-24-17(26(20)22)11-28-16-9-7-15(21)8-10-16/h4-10,14H,11,22H2,1-3H3,(H,23,27). The summed E-state index contributed by atoms with van der Waals surface area (Å²) in [7, 11) is 0. The number of ether oxygens (including phenoxy) is 1. The van der Waals surface area contributed by atoms with Crippen LogP contribution < -0.4 is 15.9 Å². The first-order valence-electron chi connectivity index (χ1n) is 8.96. The van der Waals surface area contributed by atoms with Gasteiger partial charge in [0.1, 0.15) is 18.2 Å². The maximum absolute atomic E-state index is 12.9. The van der Waals surface area contributed by atoms with Gasteiger partial charge in [-0.25, -0.2) is 9.07 Å². The van der Waals surface area contributed by atoms with Crippen molar-refractivity contribution < 1.29 is 13.9 Å². The number of para-hydroxylation sites is 1. The maximum atomic E-state index is 12.9. The zero-order valence-electron chi connectivity index (χ0n) is 16.3. The first-order chi connectivity index (χ1) is 13.8. The summed E-state index contributed by atoms with van der Waals surface area (Å²) in [5.74, 6) is 6.42. The molecule has 1 aromatic heterocycles. The first kappa shape index (κ1) is 20.7. The highest BCUT2D eigenvalue weighted by Crippen LogP contribution is 2.25. The Balaban J connectivity index is 1.61. The number of nitrogen functional groups attached to an aromatic ring is 1. The number of nitrogens with one attached hydrogen (secondary N) is 1. The number of aromatic nitrogens is 3. The highest BCUT2D eigenvalue weighted by atomic mass is 32.2. The van der Waals surface area contributed by atoms with Crippen LogP contribution in [-0.4, -0.2) is 26.0 Å². The van der Waals surface area contributed by atoms with Crippen LogP contribution in [0.5, 0.6) is 5.75 Å². The molecule has 0 aliphatic carbocycles.